The van der Waals surface area contributed by atoms with Gasteiger partial charge >= 0.3 is 5.97 Å². The Labute approximate surface area is 161 Å². The van der Waals surface area contributed by atoms with Gasteiger partial charge in [0.05, 0.1) is 16.5 Å². The summed E-state index contributed by atoms with van der Waals surface area (Å²) in [7, 11) is 1.55. The number of benzene rings is 2. The molecule has 0 saturated carbocycles. The number of esters is 1. The minimum atomic E-state index is -0.649. The highest BCUT2D eigenvalue weighted by Gasteiger charge is 2.26. The Hall–Kier alpha value is -2.71. The molecule has 1 aliphatic heterocycles. The van der Waals surface area contributed by atoms with Gasteiger partial charge in [-0.25, -0.2) is 9.79 Å². The van der Waals surface area contributed by atoms with Gasteiger partial charge in [-0.1, -0.05) is 17.7 Å². The Balaban J connectivity index is 1.95. The summed E-state index contributed by atoms with van der Waals surface area (Å²) < 4.78 is 11.0. The van der Waals surface area contributed by atoms with Crippen molar-refractivity contribution in [2.24, 2.45) is 4.99 Å². The lowest BCUT2D eigenvalue weighted by atomic mass is 10.2. The lowest BCUT2D eigenvalue weighted by Gasteiger charge is -2.03. The molecule has 2 aromatic rings. The summed E-state index contributed by atoms with van der Waals surface area (Å²) in [5.74, 6) is -0.0167. The van der Waals surface area contributed by atoms with Crippen LogP contribution in [-0.2, 0) is 9.53 Å². The molecule has 0 spiro atoms. The van der Waals surface area contributed by atoms with Crippen LogP contribution in [0.5, 0.6) is 5.75 Å². The fourth-order valence-electron chi connectivity index (χ4n) is 2.25. The van der Waals surface area contributed by atoms with Crippen molar-refractivity contribution in [2.75, 3.05) is 7.11 Å². The molecule has 0 radical (unpaired) electrons. The molecule has 9 heteroatoms. The van der Waals surface area contributed by atoms with Crippen molar-refractivity contribution in [3.8, 4) is 5.75 Å². The van der Waals surface area contributed by atoms with E-state index < -0.39 is 10.9 Å². The molecule has 0 aromatic heterocycles. The Bertz CT molecular complexity index is 987. The largest absolute Gasteiger partial charge is 0.496 e. The van der Waals surface area contributed by atoms with Crippen LogP contribution in [0.15, 0.2) is 51.6 Å². The minimum absolute atomic E-state index is 0.0116. The Morgan fingerprint density at radius 3 is 2.73 bits per heavy atom. The number of nitrogens with zero attached hydrogens (tertiary/aromatic N) is 2. The van der Waals surface area contributed by atoms with Crippen LogP contribution in [0.2, 0.25) is 5.02 Å². The maximum Gasteiger partial charge on any atom is 0.363 e. The Morgan fingerprint density at radius 2 is 2.08 bits per heavy atom. The third-order valence-electron chi connectivity index (χ3n) is 3.49. The van der Waals surface area contributed by atoms with Gasteiger partial charge in [0.15, 0.2) is 5.70 Å². The van der Waals surface area contributed by atoms with Crippen molar-refractivity contribution >= 4 is 51.2 Å². The maximum absolute atomic E-state index is 12.1. The highest BCUT2D eigenvalue weighted by Crippen LogP contribution is 2.29. The fraction of sp³-hybridized carbons (Fsp3) is 0.0588. The number of methoxy groups -OCH3 is 1. The standard InChI is InChI=1S/C17H10BrClN2O5/c1-25-15-5-2-9(6-11(15)18)7-13-17(22)26-16(20-13)10-3-4-12(19)14(8-10)21(23)24/h2-8H,1H3/b13-7-. The highest BCUT2D eigenvalue weighted by atomic mass is 79.9. The SMILES string of the molecule is COc1ccc(/C=C2\N=C(c3ccc(Cl)c([N+](=O)[O-])c3)OC2=O)cc1Br. The molecule has 2 aromatic carbocycles. The van der Waals surface area contributed by atoms with Crippen molar-refractivity contribution in [1.29, 1.82) is 0 Å². The average Bonchev–Trinajstić information content (AvgIpc) is 2.96. The second-order valence-electron chi connectivity index (χ2n) is 5.15. The van der Waals surface area contributed by atoms with Crippen LogP contribution in [0.3, 0.4) is 0 Å². The molecule has 1 aliphatic rings. The average molecular weight is 438 g/mol. The fourth-order valence-corrected chi connectivity index (χ4v) is 2.99. The number of halogens is 2. The zero-order chi connectivity index (χ0) is 18.8. The smallest absolute Gasteiger partial charge is 0.363 e. The number of aliphatic imine (C=N–C) groups is 1. The number of hydrogen-bond donors (Lipinski definition) is 0. The van der Waals surface area contributed by atoms with Crippen molar-refractivity contribution in [3.63, 3.8) is 0 Å². The maximum atomic E-state index is 12.1. The van der Waals surface area contributed by atoms with Gasteiger partial charge in [-0.15, -0.1) is 0 Å². The van der Waals surface area contributed by atoms with Crippen LogP contribution in [0, 0.1) is 10.1 Å². The molecule has 0 aliphatic carbocycles. The number of carbonyl (C=O) groups excluding carboxylic acids is 1. The van der Waals surface area contributed by atoms with Crippen LogP contribution < -0.4 is 4.74 Å². The second kappa shape index (κ2) is 7.27. The molecule has 0 amide bonds. The number of nitro benzene ring substituents is 1. The number of cyclic esters (lactones) is 1. The summed E-state index contributed by atoms with van der Waals surface area (Å²) in [6, 6.07) is 9.32. The molecule has 26 heavy (non-hydrogen) atoms. The molecule has 0 fully saturated rings. The van der Waals surface area contributed by atoms with Gasteiger partial charge in [0, 0.05) is 11.6 Å². The number of rotatable bonds is 4. The summed E-state index contributed by atoms with van der Waals surface area (Å²) in [6.07, 6.45) is 1.55. The number of carbonyl (C=O) groups is 1. The van der Waals surface area contributed by atoms with E-state index in [-0.39, 0.29) is 27.9 Å². The van der Waals surface area contributed by atoms with Crippen molar-refractivity contribution in [3.05, 3.63) is 72.8 Å². The van der Waals surface area contributed by atoms with Gasteiger partial charge in [-0.05, 0) is 51.8 Å². The zero-order valence-electron chi connectivity index (χ0n) is 13.2. The topological polar surface area (TPSA) is 91.0 Å². The Kier molecular flexibility index (Phi) is 5.06. The number of ether oxygens (including phenoxy) is 2. The first-order valence-corrected chi connectivity index (χ1v) is 8.36. The summed E-state index contributed by atoms with van der Waals surface area (Å²) in [5.41, 5.74) is 0.777. The summed E-state index contributed by atoms with van der Waals surface area (Å²) >= 11 is 9.15. The molecular formula is C17H10BrClN2O5. The van der Waals surface area contributed by atoms with E-state index in [1.165, 1.54) is 18.2 Å². The lowest BCUT2D eigenvalue weighted by Crippen LogP contribution is -2.06. The first kappa shape index (κ1) is 18.1. The van der Waals surface area contributed by atoms with E-state index >= 15 is 0 Å². The summed E-state index contributed by atoms with van der Waals surface area (Å²) in [5, 5.41) is 11.0. The predicted octanol–water partition coefficient (Wildman–Crippen LogP) is 4.36. The van der Waals surface area contributed by atoms with Gasteiger partial charge in [0.2, 0.25) is 5.90 Å². The van der Waals surface area contributed by atoms with Crippen molar-refractivity contribution < 1.29 is 19.2 Å². The van der Waals surface area contributed by atoms with Gasteiger partial charge < -0.3 is 9.47 Å². The number of nitro groups is 1. The van der Waals surface area contributed by atoms with Crippen LogP contribution in [-0.4, -0.2) is 23.9 Å². The van der Waals surface area contributed by atoms with Crippen LogP contribution >= 0.6 is 27.5 Å². The molecule has 0 atom stereocenters. The molecule has 3 rings (SSSR count). The van der Waals surface area contributed by atoms with E-state index in [0.717, 1.165) is 4.47 Å². The third-order valence-corrected chi connectivity index (χ3v) is 4.43. The monoisotopic (exact) mass is 436 g/mol. The minimum Gasteiger partial charge on any atom is -0.496 e. The normalized spacial score (nSPS) is 15.0. The van der Waals surface area contributed by atoms with Gasteiger partial charge in [-0.2, -0.15) is 0 Å². The third kappa shape index (κ3) is 3.61. The van der Waals surface area contributed by atoms with Gasteiger partial charge in [-0.3, -0.25) is 10.1 Å². The summed E-state index contributed by atoms with van der Waals surface area (Å²) in [4.78, 5) is 26.6. The van der Waals surface area contributed by atoms with E-state index in [1.807, 2.05) is 0 Å². The van der Waals surface area contributed by atoms with Crippen molar-refractivity contribution in [2.45, 2.75) is 0 Å². The van der Waals surface area contributed by atoms with E-state index in [0.29, 0.717) is 11.3 Å². The van der Waals surface area contributed by atoms with E-state index in [9.17, 15) is 14.9 Å². The molecule has 0 saturated heterocycles. The number of hydrogen-bond acceptors (Lipinski definition) is 6. The Morgan fingerprint density at radius 1 is 1.31 bits per heavy atom. The molecule has 1 heterocycles. The first-order chi connectivity index (χ1) is 12.4. The van der Waals surface area contributed by atoms with Crippen LogP contribution in [0.25, 0.3) is 6.08 Å². The molecular weight excluding hydrogens is 428 g/mol. The zero-order valence-corrected chi connectivity index (χ0v) is 15.6. The predicted molar refractivity (Wildman–Crippen MR) is 99.4 cm³/mol. The molecule has 7 nitrogen and oxygen atoms in total. The van der Waals surface area contributed by atoms with Gasteiger partial charge in [0.25, 0.3) is 5.69 Å². The second-order valence-corrected chi connectivity index (χ2v) is 6.41. The quantitative estimate of drug-likeness (QED) is 0.307. The highest BCUT2D eigenvalue weighted by molar-refractivity contribution is 9.10. The molecule has 0 bridgehead atoms. The molecule has 0 unspecified atom stereocenters. The first-order valence-electron chi connectivity index (χ1n) is 7.19. The lowest BCUT2D eigenvalue weighted by molar-refractivity contribution is -0.384. The van der Waals surface area contributed by atoms with E-state index in [2.05, 4.69) is 20.9 Å². The van der Waals surface area contributed by atoms with E-state index in [1.54, 1.807) is 31.4 Å². The van der Waals surface area contributed by atoms with Crippen LogP contribution in [0.1, 0.15) is 11.1 Å². The van der Waals surface area contributed by atoms with Crippen molar-refractivity contribution in [1.82, 2.24) is 0 Å². The van der Waals surface area contributed by atoms with E-state index in [4.69, 9.17) is 21.1 Å². The summed E-state index contributed by atoms with van der Waals surface area (Å²) in [6.45, 7) is 0. The molecule has 132 valence electrons. The van der Waals surface area contributed by atoms with Crippen LogP contribution in [0.4, 0.5) is 5.69 Å². The molecule has 0 N–H and O–H groups in total. The van der Waals surface area contributed by atoms with Gasteiger partial charge in [0.1, 0.15) is 10.8 Å².